The lowest BCUT2D eigenvalue weighted by Crippen LogP contribution is -3.00. The topological polar surface area (TPSA) is 31.5 Å². The Morgan fingerprint density at radius 3 is 1.00 bits per heavy atom. The van der Waals surface area contributed by atoms with Gasteiger partial charge in [0.05, 0.1) is 55.4 Å². The van der Waals surface area contributed by atoms with Crippen LogP contribution in [0.1, 0.15) is 25.7 Å². The van der Waals surface area contributed by atoms with Crippen LogP contribution >= 0.6 is 0 Å². The van der Waals surface area contributed by atoms with Crippen molar-refractivity contribution in [2.24, 2.45) is 0 Å². The number of nitrogens with zero attached hydrogens (tertiary/aromatic N) is 2. The van der Waals surface area contributed by atoms with E-state index in [2.05, 4.69) is 42.3 Å². The molecule has 0 unspecified atom stereocenters. The molecule has 0 fully saturated rings. The fraction of sp³-hybridized carbons (Fsp3) is 1.00. The summed E-state index contributed by atoms with van der Waals surface area (Å²) in [6.45, 7) is 2.62. The SMILES string of the molecule is C[N+](C)(C)CCCCCC[N+](C)(C)C.O.[Br-]. The Balaban J connectivity index is -0.000000845. The van der Waals surface area contributed by atoms with Crippen molar-refractivity contribution in [1.82, 2.24) is 0 Å². The molecule has 3 nitrogen and oxygen atoms in total. The van der Waals surface area contributed by atoms with Gasteiger partial charge in [0.1, 0.15) is 0 Å². The van der Waals surface area contributed by atoms with E-state index in [1.54, 1.807) is 0 Å². The second-order valence-electron chi connectivity index (χ2n) is 6.44. The van der Waals surface area contributed by atoms with E-state index in [0.29, 0.717) is 0 Å². The maximum absolute atomic E-state index is 2.27. The standard InChI is InChI=1S/C12H30N2.BrH.H2O/c1-13(2,3)11-9-7-8-10-12-14(4,5)6;;/h7-12H2,1-6H3;1H;1H2/q+2;;/p-1. The van der Waals surface area contributed by atoms with Crippen LogP contribution in [0.4, 0.5) is 0 Å². The van der Waals surface area contributed by atoms with Crippen molar-refractivity contribution in [1.29, 1.82) is 0 Å². The summed E-state index contributed by atoms with van der Waals surface area (Å²) in [5.74, 6) is 0. The average molecular weight is 300 g/mol. The first-order valence-electron chi connectivity index (χ1n) is 5.82. The van der Waals surface area contributed by atoms with Crippen molar-refractivity contribution >= 4 is 0 Å². The minimum Gasteiger partial charge on any atom is -1.00 e. The summed E-state index contributed by atoms with van der Waals surface area (Å²) >= 11 is 0. The molecule has 0 rings (SSSR count). The van der Waals surface area contributed by atoms with Crippen LogP contribution in [0.3, 0.4) is 0 Å². The lowest BCUT2D eigenvalue weighted by Gasteiger charge is -2.25. The molecular formula is C12H32BrN2O+. The summed E-state index contributed by atoms with van der Waals surface area (Å²) in [4.78, 5) is 0. The maximum atomic E-state index is 2.27. The van der Waals surface area contributed by atoms with Gasteiger partial charge in [-0.25, -0.2) is 0 Å². The third-order valence-corrected chi connectivity index (χ3v) is 2.41. The van der Waals surface area contributed by atoms with Crippen LogP contribution in [0.25, 0.3) is 0 Å². The van der Waals surface area contributed by atoms with Crippen molar-refractivity contribution in [3.8, 4) is 0 Å². The predicted molar refractivity (Wildman–Crippen MR) is 67.9 cm³/mol. The first-order chi connectivity index (χ1) is 6.21. The number of hydrogen-bond donors (Lipinski definition) is 0. The number of quaternary nitrogens is 2. The molecule has 0 heterocycles. The molecule has 0 aromatic carbocycles. The summed E-state index contributed by atoms with van der Waals surface area (Å²) in [6, 6.07) is 0. The highest BCUT2D eigenvalue weighted by atomic mass is 79.9. The minimum atomic E-state index is 0. The smallest absolute Gasteiger partial charge is 0.0780 e. The first-order valence-corrected chi connectivity index (χ1v) is 5.82. The molecule has 0 saturated heterocycles. The predicted octanol–water partition coefficient (Wildman–Crippen LogP) is -1.86. The first kappa shape index (κ1) is 21.6. The third kappa shape index (κ3) is 19.9. The largest absolute Gasteiger partial charge is 1.00 e. The van der Waals surface area contributed by atoms with Crippen LogP contribution in [0, 0.1) is 0 Å². The molecule has 0 bridgehead atoms. The zero-order valence-corrected chi connectivity index (χ0v) is 13.6. The van der Waals surface area contributed by atoms with Gasteiger partial charge in [0.2, 0.25) is 0 Å². The van der Waals surface area contributed by atoms with Gasteiger partial charge >= 0.3 is 0 Å². The Morgan fingerprint density at radius 1 is 0.562 bits per heavy atom. The maximum Gasteiger partial charge on any atom is 0.0780 e. The Morgan fingerprint density at radius 2 is 0.812 bits per heavy atom. The zero-order chi connectivity index (χ0) is 11.2. The molecule has 0 aromatic rings. The molecule has 102 valence electrons. The second kappa shape index (κ2) is 9.40. The Labute approximate surface area is 113 Å². The summed E-state index contributed by atoms with van der Waals surface area (Å²) in [5.41, 5.74) is 0. The molecule has 4 heteroatoms. The van der Waals surface area contributed by atoms with Crippen LogP contribution in [0.5, 0.6) is 0 Å². The van der Waals surface area contributed by atoms with Gasteiger partial charge in [0.15, 0.2) is 0 Å². The zero-order valence-electron chi connectivity index (χ0n) is 12.0. The molecule has 0 spiro atoms. The van der Waals surface area contributed by atoms with Crippen molar-refractivity contribution in [3.63, 3.8) is 0 Å². The number of unbranched alkanes of at least 4 members (excludes halogenated alkanes) is 3. The Bertz CT molecular complexity index is 132. The van der Waals surface area contributed by atoms with E-state index in [0.717, 1.165) is 8.97 Å². The minimum absolute atomic E-state index is 0. The van der Waals surface area contributed by atoms with Crippen LogP contribution in [-0.2, 0) is 0 Å². The highest BCUT2D eigenvalue weighted by molar-refractivity contribution is 4.42. The fourth-order valence-electron chi connectivity index (χ4n) is 1.53. The van der Waals surface area contributed by atoms with Gasteiger partial charge in [-0.3, -0.25) is 0 Å². The van der Waals surface area contributed by atoms with Gasteiger partial charge in [-0.1, -0.05) is 0 Å². The van der Waals surface area contributed by atoms with Crippen molar-refractivity contribution in [2.75, 3.05) is 55.4 Å². The van der Waals surface area contributed by atoms with E-state index in [4.69, 9.17) is 0 Å². The fourth-order valence-corrected chi connectivity index (χ4v) is 1.53. The van der Waals surface area contributed by atoms with Gasteiger partial charge in [0.25, 0.3) is 0 Å². The van der Waals surface area contributed by atoms with Crippen LogP contribution in [0.2, 0.25) is 0 Å². The van der Waals surface area contributed by atoms with Crippen LogP contribution < -0.4 is 17.0 Å². The van der Waals surface area contributed by atoms with E-state index in [1.807, 2.05) is 0 Å². The molecule has 0 aliphatic carbocycles. The van der Waals surface area contributed by atoms with Gasteiger partial charge in [-0.2, -0.15) is 0 Å². The molecule has 0 atom stereocenters. The quantitative estimate of drug-likeness (QED) is 0.390. The molecule has 16 heavy (non-hydrogen) atoms. The monoisotopic (exact) mass is 299 g/mol. The summed E-state index contributed by atoms with van der Waals surface area (Å²) in [6.07, 6.45) is 5.55. The van der Waals surface area contributed by atoms with Gasteiger partial charge in [0, 0.05) is 0 Å². The van der Waals surface area contributed by atoms with E-state index in [9.17, 15) is 0 Å². The van der Waals surface area contributed by atoms with E-state index in [-0.39, 0.29) is 22.5 Å². The van der Waals surface area contributed by atoms with Crippen LogP contribution in [0.15, 0.2) is 0 Å². The molecule has 0 amide bonds. The normalized spacial score (nSPS) is 11.6. The third-order valence-electron chi connectivity index (χ3n) is 2.41. The van der Waals surface area contributed by atoms with Crippen molar-refractivity contribution < 1.29 is 31.4 Å². The van der Waals surface area contributed by atoms with Crippen molar-refractivity contribution in [3.05, 3.63) is 0 Å². The van der Waals surface area contributed by atoms with E-state index < -0.39 is 0 Å². The number of halogens is 1. The van der Waals surface area contributed by atoms with Gasteiger partial charge < -0.3 is 31.4 Å². The molecule has 0 aliphatic heterocycles. The summed E-state index contributed by atoms with van der Waals surface area (Å²) in [5, 5.41) is 0. The van der Waals surface area contributed by atoms with Crippen molar-refractivity contribution in [2.45, 2.75) is 25.7 Å². The van der Waals surface area contributed by atoms with Gasteiger partial charge in [-0.15, -0.1) is 0 Å². The van der Waals surface area contributed by atoms with Gasteiger partial charge in [-0.05, 0) is 25.7 Å². The second-order valence-corrected chi connectivity index (χ2v) is 6.44. The molecule has 0 aliphatic rings. The van der Waals surface area contributed by atoms with Crippen LogP contribution in [-0.4, -0.2) is 69.8 Å². The lowest BCUT2D eigenvalue weighted by atomic mass is 10.1. The Hall–Kier alpha value is 0.360. The molecule has 0 aromatic heterocycles. The lowest BCUT2D eigenvalue weighted by molar-refractivity contribution is -0.871. The van der Waals surface area contributed by atoms with E-state index >= 15 is 0 Å². The number of rotatable bonds is 7. The summed E-state index contributed by atoms with van der Waals surface area (Å²) in [7, 11) is 13.6. The number of hydrogen-bond acceptors (Lipinski definition) is 0. The molecule has 0 saturated carbocycles. The summed E-state index contributed by atoms with van der Waals surface area (Å²) < 4.78 is 2.21. The molecular weight excluding hydrogens is 268 g/mol. The Kier molecular flexibility index (Phi) is 12.7. The highest BCUT2D eigenvalue weighted by Gasteiger charge is 2.07. The molecule has 2 N–H and O–H groups in total. The average Bonchev–Trinajstić information content (AvgIpc) is 1.92. The highest BCUT2D eigenvalue weighted by Crippen LogP contribution is 2.05. The molecule has 0 radical (unpaired) electrons. The van der Waals surface area contributed by atoms with E-state index in [1.165, 1.54) is 38.8 Å².